The van der Waals surface area contributed by atoms with Gasteiger partial charge in [-0.15, -0.1) is 0 Å². The molecule has 2 heterocycles. The second-order valence-electron chi connectivity index (χ2n) is 7.51. The second kappa shape index (κ2) is 9.72. The van der Waals surface area contributed by atoms with Crippen molar-refractivity contribution in [3.63, 3.8) is 0 Å². The molecule has 12 heteroatoms. The van der Waals surface area contributed by atoms with E-state index in [0.717, 1.165) is 12.4 Å². The van der Waals surface area contributed by atoms with Gasteiger partial charge in [0.05, 0.1) is 6.04 Å². The predicted octanol–water partition coefficient (Wildman–Crippen LogP) is 6.06. The SMILES string of the molecule is CC(Nc1ncnc2c(OCC(F)F)cc(-c3ccc(F)cc3)cc12)c1cnc(C(F)(F)F)nc1. The number of anilines is 1. The van der Waals surface area contributed by atoms with Crippen molar-refractivity contribution in [3.8, 4) is 16.9 Å². The van der Waals surface area contributed by atoms with Gasteiger partial charge in [-0.05, 0) is 42.3 Å². The van der Waals surface area contributed by atoms with Crippen molar-refractivity contribution in [3.05, 3.63) is 72.3 Å². The minimum Gasteiger partial charge on any atom is -0.485 e. The Morgan fingerprint density at radius 3 is 2.26 bits per heavy atom. The van der Waals surface area contributed by atoms with Crippen LogP contribution >= 0.6 is 0 Å². The first-order valence-electron chi connectivity index (χ1n) is 10.2. The molecule has 1 unspecified atom stereocenters. The van der Waals surface area contributed by atoms with E-state index in [9.17, 15) is 26.3 Å². The number of alkyl halides is 5. The van der Waals surface area contributed by atoms with E-state index in [-0.39, 0.29) is 17.1 Å². The number of aromatic nitrogens is 4. The molecule has 35 heavy (non-hydrogen) atoms. The first kappa shape index (κ1) is 24.2. The van der Waals surface area contributed by atoms with Crippen LogP contribution in [0.4, 0.5) is 32.2 Å². The van der Waals surface area contributed by atoms with Crippen LogP contribution in [0, 0.1) is 5.82 Å². The van der Waals surface area contributed by atoms with Crippen molar-refractivity contribution in [2.24, 2.45) is 0 Å². The summed E-state index contributed by atoms with van der Waals surface area (Å²) < 4.78 is 82.6. The zero-order chi connectivity index (χ0) is 25.2. The molecule has 0 aliphatic heterocycles. The molecule has 6 nitrogen and oxygen atoms in total. The van der Waals surface area contributed by atoms with E-state index < -0.39 is 36.9 Å². The van der Waals surface area contributed by atoms with E-state index in [1.54, 1.807) is 13.0 Å². The summed E-state index contributed by atoms with van der Waals surface area (Å²) in [5, 5.41) is 3.46. The molecule has 0 saturated heterocycles. The summed E-state index contributed by atoms with van der Waals surface area (Å²) in [6, 6.07) is 8.17. The molecule has 1 N–H and O–H groups in total. The molecule has 0 radical (unpaired) electrons. The molecule has 0 aliphatic carbocycles. The Kier molecular flexibility index (Phi) is 6.72. The lowest BCUT2D eigenvalue weighted by molar-refractivity contribution is -0.145. The van der Waals surface area contributed by atoms with Crippen LogP contribution in [0.15, 0.2) is 55.1 Å². The molecule has 1 atom stereocenters. The van der Waals surface area contributed by atoms with Gasteiger partial charge in [0.15, 0.2) is 0 Å². The Labute approximate surface area is 195 Å². The molecule has 0 amide bonds. The molecule has 0 bridgehead atoms. The van der Waals surface area contributed by atoms with Crippen molar-refractivity contribution < 1.29 is 31.1 Å². The van der Waals surface area contributed by atoms with Crippen LogP contribution in [0.5, 0.6) is 5.75 Å². The van der Waals surface area contributed by atoms with Gasteiger partial charge in [-0.3, -0.25) is 0 Å². The standard InChI is InChI=1S/C23H17F6N5O/c1-12(15-8-30-22(31-9-15)23(27,28)29)34-21-17-6-14(13-2-4-16(24)5-3-13)7-18(35-10-19(25)26)20(17)32-11-33-21/h2-9,11-12,19H,10H2,1H3,(H,32,33,34). The lowest BCUT2D eigenvalue weighted by atomic mass is 10.0. The number of hydrogen-bond donors (Lipinski definition) is 1. The quantitative estimate of drug-likeness (QED) is 0.316. The van der Waals surface area contributed by atoms with E-state index in [1.807, 2.05) is 0 Å². The summed E-state index contributed by atoms with van der Waals surface area (Å²) in [4.78, 5) is 15.1. The fourth-order valence-electron chi connectivity index (χ4n) is 3.32. The molecule has 2 aromatic carbocycles. The van der Waals surface area contributed by atoms with Crippen LogP contribution in [0.3, 0.4) is 0 Å². The van der Waals surface area contributed by atoms with Crippen LogP contribution in [-0.4, -0.2) is 33.0 Å². The Bertz CT molecular complexity index is 1310. The highest BCUT2D eigenvalue weighted by atomic mass is 19.4. The van der Waals surface area contributed by atoms with E-state index in [0.29, 0.717) is 22.1 Å². The third kappa shape index (κ3) is 5.58. The number of rotatable bonds is 7. The number of fused-ring (bicyclic) bond motifs is 1. The highest BCUT2D eigenvalue weighted by molar-refractivity contribution is 5.96. The van der Waals surface area contributed by atoms with Gasteiger partial charge in [-0.2, -0.15) is 13.2 Å². The molecule has 2 aromatic heterocycles. The number of benzene rings is 2. The molecular formula is C23H17F6N5O. The third-order valence-electron chi connectivity index (χ3n) is 5.02. The molecule has 4 rings (SSSR count). The minimum atomic E-state index is -4.66. The lowest BCUT2D eigenvalue weighted by Gasteiger charge is -2.18. The van der Waals surface area contributed by atoms with Crippen molar-refractivity contribution >= 4 is 16.7 Å². The summed E-state index contributed by atoms with van der Waals surface area (Å²) in [7, 11) is 0. The van der Waals surface area contributed by atoms with Crippen LogP contribution < -0.4 is 10.1 Å². The smallest absolute Gasteiger partial charge is 0.451 e. The lowest BCUT2D eigenvalue weighted by Crippen LogP contribution is -2.14. The maximum atomic E-state index is 13.4. The molecular weight excluding hydrogens is 476 g/mol. The average molecular weight is 493 g/mol. The first-order chi connectivity index (χ1) is 16.6. The topological polar surface area (TPSA) is 72.8 Å². The van der Waals surface area contributed by atoms with Crippen LogP contribution in [0.1, 0.15) is 24.4 Å². The number of halogens is 6. The van der Waals surface area contributed by atoms with E-state index in [2.05, 4.69) is 25.3 Å². The minimum absolute atomic E-state index is 0.0677. The van der Waals surface area contributed by atoms with E-state index >= 15 is 0 Å². The van der Waals surface area contributed by atoms with Gasteiger partial charge >= 0.3 is 6.18 Å². The van der Waals surface area contributed by atoms with Gasteiger partial charge in [-0.1, -0.05) is 12.1 Å². The number of hydrogen-bond acceptors (Lipinski definition) is 6. The largest absolute Gasteiger partial charge is 0.485 e. The zero-order valence-electron chi connectivity index (χ0n) is 18.0. The summed E-state index contributed by atoms with van der Waals surface area (Å²) in [5.41, 5.74) is 1.72. The zero-order valence-corrected chi connectivity index (χ0v) is 18.0. The fourth-order valence-corrected chi connectivity index (χ4v) is 3.32. The Hall–Kier alpha value is -3.96. The molecule has 0 saturated carbocycles. The highest BCUT2D eigenvalue weighted by Gasteiger charge is 2.34. The Morgan fingerprint density at radius 2 is 1.63 bits per heavy atom. The third-order valence-corrected chi connectivity index (χ3v) is 5.02. The van der Waals surface area contributed by atoms with E-state index in [1.165, 1.54) is 36.7 Å². The van der Waals surface area contributed by atoms with Gasteiger partial charge in [0, 0.05) is 23.3 Å². The molecule has 0 spiro atoms. The number of nitrogens with one attached hydrogen (secondary N) is 1. The van der Waals surface area contributed by atoms with Gasteiger partial charge in [0.25, 0.3) is 6.43 Å². The summed E-state index contributed by atoms with van der Waals surface area (Å²) in [6.07, 6.45) is -4.08. The van der Waals surface area contributed by atoms with Crippen molar-refractivity contribution in [2.45, 2.75) is 25.6 Å². The molecule has 0 aliphatic rings. The Morgan fingerprint density at radius 1 is 0.943 bits per heavy atom. The summed E-state index contributed by atoms with van der Waals surface area (Å²) in [6.45, 7) is 0.798. The normalized spacial score (nSPS) is 12.7. The fraction of sp³-hybridized carbons (Fsp3) is 0.217. The first-order valence-corrected chi connectivity index (χ1v) is 10.2. The van der Waals surface area contributed by atoms with Gasteiger partial charge < -0.3 is 10.1 Å². The van der Waals surface area contributed by atoms with Gasteiger partial charge in [0.2, 0.25) is 5.82 Å². The average Bonchev–Trinajstić information content (AvgIpc) is 2.82. The monoisotopic (exact) mass is 493 g/mol. The van der Waals surface area contributed by atoms with Gasteiger partial charge in [-0.25, -0.2) is 33.1 Å². The maximum absolute atomic E-state index is 13.4. The maximum Gasteiger partial charge on any atom is 0.451 e. The predicted molar refractivity (Wildman–Crippen MR) is 116 cm³/mol. The van der Waals surface area contributed by atoms with Crippen molar-refractivity contribution in [1.82, 2.24) is 19.9 Å². The van der Waals surface area contributed by atoms with Crippen molar-refractivity contribution in [1.29, 1.82) is 0 Å². The molecule has 182 valence electrons. The second-order valence-corrected chi connectivity index (χ2v) is 7.51. The summed E-state index contributed by atoms with van der Waals surface area (Å²) in [5.74, 6) is -1.36. The molecule has 4 aromatic rings. The van der Waals surface area contributed by atoms with Gasteiger partial charge in [0.1, 0.15) is 35.8 Å². The number of ether oxygens (including phenoxy) is 1. The highest BCUT2D eigenvalue weighted by Crippen LogP contribution is 2.35. The van der Waals surface area contributed by atoms with Crippen LogP contribution in [-0.2, 0) is 6.18 Å². The van der Waals surface area contributed by atoms with Crippen LogP contribution in [0.25, 0.3) is 22.0 Å². The van der Waals surface area contributed by atoms with Crippen LogP contribution in [0.2, 0.25) is 0 Å². The Balaban J connectivity index is 1.74. The van der Waals surface area contributed by atoms with E-state index in [4.69, 9.17) is 4.74 Å². The molecule has 0 fully saturated rings. The summed E-state index contributed by atoms with van der Waals surface area (Å²) >= 11 is 0. The number of nitrogens with zero attached hydrogens (tertiary/aromatic N) is 4. The van der Waals surface area contributed by atoms with Crippen molar-refractivity contribution in [2.75, 3.05) is 11.9 Å².